The van der Waals surface area contributed by atoms with Crippen LogP contribution in [-0.4, -0.2) is 21.2 Å². The van der Waals surface area contributed by atoms with Gasteiger partial charge in [0.25, 0.3) is 5.56 Å². The van der Waals surface area contributed by atoms with Crippen molar-refractivity contribution >= 4 is 23.1 Å². The summed E-state index contributed by atoms with van der Waals surface area (Å²) in [5, 5.41) is 5.21. The summed E-state index contributed by atoms with van der Waals surface area (Å²) in [4.78, 5) is 21.7. The summed E-state index contributed by atoms with van der Waals surface area (Å²) in [5.41, 5.74) is 5.90. The van der Waals surface area contributed by atoms with Gasteiger partial charge in [0.2, 0.25) is 5.95 Å². The summed E-state index contributed by atoms with van der Waals surface area (Å²) in [6.45, 7) is 3.53. The molecule has 6 nitrogen and oxygen atoms in total. The van der Waals surface area contributed by atoms with Crippen molar-refractivity contribution in [2.24, 2.45) is 5.10 Å². The van der Waals surface area contributed by atoms with E-state index in [2.05, 4.69) is 25.5 Å². The number of hydrogen-bond donors (Lipinski definition) is 3. The van der Waals surface area contributed by atoms with Gasteiger partial charge in [-0.15, -0.1) is 0 Å². The first kappa shape index (κ1) is 13.1. The summed E-state index contributed by atoms with van der Waals surface area (Å²) >= 11 is 0. The lowest BCUT2D eigenvalue weighted by Gasteiger charge is -2.02. The van der Waals surface area contributed by atoms with Gasteiger partial charge in [0.05, 0.1) is 6.21 Å². The Morgan fingerprint density at radius 1 is 1.29 bits per heavy atom. The van der Waals surface area contributed by atoms with Crippen molar-refractivity contribution in [2.75, 3.05) is 5.43 Å². The van der Waals surface area contributed by atoms with Crippen molar-refractivity contribution in [1.29, 1.82) is 0 Å². The molecule has 0 spiro atoms. The van der Waals surface area contributed by atoms with Gasteiger partial charge in [-0.1, -0.05) is 18.2 Å². The van der Waals surface area contributed by atoms with Crippen molar-refractivity contribution in [3.8, 4) is 0 Å². The van der Waals surface area contributed by atoms with E-state index in [1.54, 1.807) is 20.1 Å². The first-order valence-corrected chi connectivity index (χ1v) is 6.58. The second-order valence-corrected chi connectivity index (χ2v) is 4.78. The normalized spacial score (nSPS) is 11.3. The third-order valence-corrected chi connectivity index (χ3v) is 3.39. The number of nitrogens with zero attached hydrogens (tertiary/aromatic N) is 2. The van der Waals surface area contributed by atoms with E-state index in [1.165, 1.54) is 0 Å². The Hall–Kier alpha value is -2.89. The molecule has 0 aliphatic heterocycles. The quantitative estimate of drug-likeness (QED) is 0.508. The van der Waals surface area contributed by atoms with E-state index < -0.39 is 0 Å². The number of aromatic amines is 2. The van der Waals surface area contributed by atoms with Crippen LogP contribution < -0.4 is 11.0 Å². The number of rotatable bonds is 3. The molecule has 0 aliphatic rings. The molecular formula is C15H15N5O. The minimum absolute atomic E-state index is 0.160. The zero-order valence-corrected chi connectivity index (χ0v) is 11.8. The highest BCUT2D eigenvalue weighted by molar-refractivity contribution is 5.99. The van der Waals surface area contributed by atoms with Crippen LogP contribution in [0.25, 0.3) is 10.9 Å². The van der Waals surface area contributed by atoms with Gasteiger partial charge in [-0.05, 0) is 19.9 Å². The van der Waals surface area contributed by atoms with Gasteiger partial charge >= 0.3 is 0 Å². The van der Waals surface area contributed by atoms with Crippen LogP contribution >= 0.6 is 0 Å². The van der Waals surface area contributed by atoms with Crippen LogP contribution in [0.1, 0.15) is 16.8 Å². The zero-order chi connectivity index (χ0) is 14.8. The predicted octanol–water partition coefficient (Wildman–Crippen LogP) is 2.31. The maximum atomic E-state index is 11.6. The number of aryl methyl sites for hydroxylation is 1. The first-order chi connectivity index (χ1) is 10.1. The molecule has 6 heteroatoms. The number of para-hydroxylation sites is 1. The van der Waals surface area contributed by atoms with Gasteiger partial charge in [-0.2, -0.15) is 5.10 Å². The number of hydrazone groups is 1. The molecule has 2 aromatic heterocycles. The van der Waals surface area contributed by atoms with Gasteiger partial charge in [-0.3, -0.25) is 9.78 Å². The van der Waals surface area contributed by atoms with E-state index in [4.69, 9.17) is 0 Å². The van der Waals surface area contributed by atoms with E-state index >= 15 is 0 Å². The van der Waals surface area contributed by atoms with E-state index in [9.17, 15) is 4.79 Å². The van der Waals surface area contributed by atoms with Crippen molar-refractivity contribution in [3.63, 3.8) is 0 Å². The molecule has 0 aliphatic carbocycles. The van der Waals surface area contributed by atoms with Crippen molar-refractivity contribution in [1.82, 2.24) is 15.0 Å². The SMILES string of the molecule is Cc1nc(N/N=C\c2c[nH]c3ccccc23)[nH]c(=O)c1C. The molecule has 21 heavy (non-hydrogen) atoms. The third kappa shape index (κ3) is 2.55. The second-order valence-electron chi connectivity index (χ2n) is 4.78. The molecule has 3 rings (SSSR count). The Bertz CT molecular complexity index is 875. The molecule has 0 bridgehead atoms. The Morgan fingerprint density at radius 2 is 2.10 bits per heavy atom. The van der Waals surface area contributed by atoms with Crippen LogP contribution in [0.15, 0.2) is 40.4 Å². The Balaban J connectivity index is 1.83. The fourth-order valence-corrected chi connectivity index (χ4v) is 2.06. The number of aromatic nitrogens is 3. The van der Waals surface area contributed by atoms with Crippen molar-refractivity contribution in [3.05, 3.63) is 57.6 Å². The van der Waals surface area contributed by atoms with Crippen LogP contribution in [0.3, 0.4) is 0 Å². The van der Waals surface area contributed by atoms with E-state index in [1.807, 2.05) is 30.5 Å². The number of benzene rings is 1. The molecule has 1 aromatic carbocycles. The topological polar surface area (TPSA) is 85.9 Å². The van der Waals surface area contributed by atoms with Gasteiger partial charge < -0.3 is 4.98 Å². The lowest BCUT2D eigenvalue weighted by Crippen LogP contribution is -2.15. The van der Waals surface area contributed by atoms with Crippen LogP contribution in [-0.2, 0) is 0 Å². The molecule has 3 N–H and O–H groups in total. The average Bonchev–Trinajstić information content (AvgIpc) is 2.88. The summed E-state index contributed by atoms with van der Waals surface area (Å²) in [6.07, 6.45) is 3.57. The van der Waals surface area contributed by atoms with E-state index in [0.717, 1.165) is 16.5 Å². The maximum absolute atomic E-state index is 11.6. The number of hydrogen-bond acceptors (Lipinski definition) is 4. The summed E-state index contributed by atoms with van der Waals surface area (Å²) in [7, 11) is 0. The van der Waals surface area contributed by atoms with Gasteiger partial charge in [-0.25, -0.2) is 10.4 Å². The highest BCUT2D eigenvalue weighted by Crippen LogP contribution is 2.15. The molecule has 0 saturated heterocycles. The van der Waals surface area contributed by atoms with E-state index in [0.29, 0.717) is 17.2 Å². The molecule has 0 atom stereocenters. The number of H-pyrrole nitrogens is 2. The Morgan fingerprint density at radius 3 is 2.90 bits per heavy atom. The molecular weight excluding hydrogens is 266 g/mol. The fourth-order valence-electron chi connectivity index (χ4n) is 2.06. The summed E-state index contributed by atoms with van der Waals surface area (Å²) < 4.78 is 0. The van der Waals surface area contributed by atoms with Gasteiger partial charge in [0.1, 0.15) is 0 Å². The Labute approximate surface area is 120 Å². The monoisotopic (exact) mass is 281 g/mol. The summed E-state index contributed by atoms with van der Waals surface area (Å²) in [5.74, 6) is 0.333. The molecule has 0 fully saturated rings. The number of anilines is 1. The first-order valence-electron chi connectivity index (χ1n) is 6.58. The number of fused-ring (bicyclic) bond motifs is 1. The van der Waals surface area contributed by atoms with Gasteiger partial charge in [0.15, 0.2) is 0 Å². The predicted molar refractivity (Wildman–Crippen MR) is 83.8 cm³/mol. The highest BCUT2D eigenvalue weighted by atomic mass is 16.1. The summed E-state index contributed by atoms with van der Waals surface area (Å²) in [6, 6.07) is 7.97. The second kappa shape index (κ2) is 5.24. The van der Waals surface area contributed by atoms with E-state index in [-0.39, 0.29) is 5.56 Å². The number of nitrogens with one attached hydrogen (secondary N) is 3. The van der Waals surface area contributed by atoms with Crippen molar-refractivity contribution in [2.45, 2.75) is 13.8 Å². The smallest absolute Gasteiger partial charge is 0.255 e. The molecule has 3 aromatic rings. The van der Waals surface area contributed by atoms with Crippen LogP contribution in [0.2, 0.25) is 0 Å². The molecule has 0 unspecified atom stereocenters. The third-order valence-electron chi connectivity index (χ3n) is 3.39. The van der Waals surface area contributed by atoms with Crippen LogP contribution in [0, 0.1) is 13.8 Å². The Kier molecular flexibility index (Phi) is 3.27. The standard InChI is InChI=1S/C15H15N5O/c1-9-10(2)18-15(19-14(9)21)20-17-8-11-7-16-13-6-4-3-5-12(11)13/h3-8,16H,1-2H3,(H2,18,19,20,21)/b17-8-. The minimum atomic E-state index is -0.160. The molecule has 106 valence electrons. The van der Waals surface area contributed by atoms with Crippen molar-refractivity contribution < 1.29 is 0 Å². The lowest BCUT2D eigenvalue weighted by molar-refractivity contribution is 1.01. The average molecular weight is 281 g/mol. The molecule has 0 saturated carbocycles. The largest absolute Gasteiger partial charge is 0.361 e. The molecule has 0 amide bonds. The fraction of sp³-hybridized carbons (Fsp3) is 0.133. The highest BCUT2D eigenvalue weighted by Gasteiger charge is 2.03. The zero-order valence-electron chi connectivity index (χ0n) is 11.8. The van der Waals surface area contributed by atoms with Crippen LogP contribution in [0.4, 0.5) is 5.95 Å². The van der Waals surface area contributed by atoms with Crippen LogP contribution in [0.5, 0.6) is 0 Å². The molecule has 0 radical (unpaired) electrons. The minimum Gasteiger partial charge on any atom is -0.361 e. The van der Waals surface area contributed by atoms with Gasteiger partial charge in [0, 0.05) is 33.9 Å². The maximum Gasteiger partial charge on any atom is 0.255 e. The lowest BCUT2D eigenvalue weighted by atomic mass is 10.2. The molecule has 2 heterocycles.